The molecule has 1 atom stereocenters. The van der Waals surface area contributed by atoms with Crippen LogP contribution in [0.5, 0.6) is 0 Å². The molecule has 1 fully saturated rings. The van der Waals surface area contributed by atoms with Crippen molar-refractivity contribution in [3.63, 3.8) is 0 Å². The predicted octanol–water partition coefficient (Wildman–Crippen LogP) is 3.23. The normalized spacial score (nSPS) is 21.8. The van der Waals surface area contributed by atoms with Crippen LogP contribution in [0.3, 0.4) is 0 Å². The number of fused-ring (bicyclic) bond motifs is 1. The largest absolute Gasteiger partial charge is 0.370 e. The van der Waals surface area contributed by atoms with E-state index in [1.165, 1.54) is 16.0 Å². The molecule has 24 heavy (non-hydrogen) atoms. The van der Waals surface area contributed by atoms with E-state index in [2.05, 4.69) is 40.6 Å². The molecule has 0 spiro atoms. The van der Waals surface area contributed by atoms with E-state index >= 15 is 0 Å². The molecule has 0 saturated carbocycles. The van der Waals surface area contributed by atoms with Gasteiger partial charge in [-0.05, 0) is 35.1 Å². The maximum absolute atomic E-state index is 11.8. The summed E-state index contributed by atoms with van der Waals surface area (Å²) in [6.07, 6.45) is 1.67. The number of aryl methyl sites for hydroxylation is 1. The number of benzene rings is 1. The molecule has 4 rings (SSSR count). The summed E-state index contributed by atoms with van der Waals surface area (Å²) >= 11 is 1.77. The molecule has 3 heterocycles. The van der Waals surface area contributed by atoms with Crippen molar-refractivity contribution in [1.29, 1.82) is 0 Å². The van der Waals surface area contributed by atoms with Gasteiger partial charge < -0.3 is 9.64 Å². The van der Waals surface area contributed by atoms with Crippen molar-refractivity contribution >= 4 is 22.9 Å². The lowest BCUT2D eigenvalue weighted by Crippen LogP contribution is -2.37. The Labute approximate surface area is 146 Å². The molecule has 2 aromatic rings. The Kier molecular flexibility index (Phi) is 4.39. The summed E-state index contributed by atoms with van der Waals surface area (Å²) in [7, 11) is 1.87. The fraction of sp³-hybridized carbons (Fsp3) is 0.421. The zero-order chi connectivity index (χ0) is 16.5. The zero-order valence-corrected chi connectivity index (χ0v) is 14.7. The molecule has 0 N–H and O–H groups in total. The van der Waals surface area contributed by atoms with Gasteiger partial charge in [0.15, 0.2) is 0 Å². The predicted molar refractivity (Wildman–Crippen MR) is 96.5 cm³/mol. The fourth-order valence-electron chi connectivity index (χ4n) is 3.56. The standard InChI is InChI=1S/C19H22N2O2S/c1-20-16-6-4-14(11-15(16)5-7-19(20)22)12-21-8-9-23-17(13-21)18-3-2-10-24-18/h2-4,6,10-11,17H,5,7-9,12-13H2,1H3/t17-/m1/s1. The van der Waals surface area contributed by atoms with Crippen molar-refractivity contribution in [2.24, 2.45) is 0 Å². The van der Waals surface area contributed by atoms with Gasteiger partial charge in [-0.1, -0.05) is 18.2 Å². The third-order valence-electron chi connectivity index (χ3n) is 4.90. The van der Waals surface area contributed by atoms with Crippen LogP contribution in [-0.2, 0) is 22.5 Å². The lowest BCUT2D eigenvalue weighted by Gasteiger charge is -2.33. The first-order valence-corrected chi connectivity index (χ1v) is 9.34. The molecule has 2 aliphatic heterocycles. The highest BCUT2D eigenvalue weighted by molar-refractivity contribution is 7.10. The molecule has 0 bridgehead atoms. The number of rotatable bonds is 3. The maximum atomic E-state index is 11.8. The topological polar surface area (TPSA) is 32.8 Å². The summed E-state index contributed by atoms with van der Waals surface area (Å²) in [6.45, 7) is 3.63. The third-order valence-corrected chi connectivity index (χ3v) is 5.87. The number of morpholine rings is 1. The molecule has 2 aliphatic rings. The number of carbonyl (C=O) groups is 1. The van der Waals surface area contributed by atoms with E-state index in [0.29, 0.717) is 6.42 Å². The Hall–Kier alpha value is -1.69. The highest BCUT2D eigenvalue weighted by Gasteiger charge is 2.24. The number of nitrogens with zero attached hydrogens (tertiary/aromatic N) is 2. The monoisotopic (exact) mass is 342 g/mol. The first-order valence-electron chi connectivity index (χ1n) is 8.46. The summed E-state index contributed by atoms with van der Waals surface area (Å²) in [5.41, 5.74) is 3.68. The lowest BCUT2D eigenvalue weighted by molar-refractivity contribution is -0.118. The number of carbonyl (C=O) groups excluding carboxylic acids is 1. The van der Waals surface area contributed by atoms with Crippen molar-refractivity contribution in [2.75, 3.05) is 31.6 Å². The highest BCUT2D eigenvalue weighted by atomic mass is 32.1. The van der Waals surface area contributed by atoms with Crippen LogP contribution in [0.4, 0.5) is 5.69 Å². The number of ether oxygens (including phenoxy) is 1. The van der Waals surface area contributed by atoms with E-state index < -0.39 is 0 Å². The molecule has 5 heteroatoms. The summed E-state index contributed by atoms with van der Waals surface area (Å²) in [5.74, 6) is 0.210. The van der Waals surface area contributed by atoms with Crippen LogP contribution in [0.1, 0.15) is 28.5 Å². The van der Waals surface area contributed by atoms with Crippen molar-refractivity contribution in [2.45, 2.75) is 25.5 Å². The number of hydrogen-bond acceptors (Lipinski definition) is 4. The Bertz CT molecular complexity index is 729. The van der Waals surface area contributed by atoms with E-state index in [-0.39, 0.29) is 12.0 Å². The van der Waals surface area contributed by atoms with Gasteiger partial charge in [0.1, 0.15) is 6.10 Å². The molecule has 1 amide bonds. The second-order valence-electron chi connectivity index (χ2n) is 6.53. The van der Waals surface area contributed by atoms with Crippen LogP contribution in [0, 0.1) is 0 Å². The van der Waals surface area contributed by atoms with E-state index in [1.54, 1.807) is 16.2 Å². The molecular formula is C19H22N2O2S. The van der Waals surface area contributed by atoms with Crippen molar-refractivity contribution < 1.29 is 9.53 Å². The van der Waals surface area contributed by atoms with Gasteiger partial charge >= 0.3 is 0 Å². The Morgan fingerprint density at radius 2 is 2.21 bits per heavy atom. The average Bonchev–Trinajstić information content (AvgIpc) is 3.13. The minimum Gasteiger partial charge on any atom is -0.370 e. The number of amides is 1. The molecule has 1 aromatic heterocycles. The second-order valence-corrected chi connectivity index (χ2v) is 7.51. The maximum Gasteiger partial charge on any atom is 0.227 e. The summed E-state index contributed by atoms with van der Waals surface area (Å²) in [4.78, 5) is 17.4. The molecule has 4 nitrogen and oxygen atoms in total. The molecule has 1 aromatic carbocycles. The molecule has 126 valence electrons. The van der Waals surface area contributed by atoms with Crippen molar-refractivity contribution in [3.8, 4) is 0 Å². The van der Waals surface area contributed by atoms with Gasteiger partial charge in [-0.3, -0.25) is 9.69 Å². The second kappa shape index (κ2) is 6.67. The lowest BCUT2D eigenvalue weighted by atomic mass is 9.99. The van der Waals surface area contributed by atoms with Gasteiger partial charge in [0.2, 0.25) is 5.91 Å². The average molecular weight is 342 g/mol. The van der Waals surface area contributed by atoms with Crippen molar-refractivity contribution in [3.05, 3.63) is 51.7 Å². The third kappa shape index (κ3) is 3.11. The minimum absolute atomic E-state index is 0.195. The summed E-state index contributed by atoms with van der Waals surface area (Å²) < 4.78 is 5.93. The van der Waals surface area contributed by atoms with E-state index in [4.69, 9.17) is 4.74 Å². The van der Waals surface area contributed by atoms with Gasteiger partial charge in [-0.2, -0.15) is 0 Å². The van der Waals surface area contributed by atoms with Gasteiger partial charge in [0.25, 0.3) is 0 Å². The first-order chi connectivity index (χ1) is 11.7. The van der Waals surface area contributed by atoms with Crippen molar-refractivity contribution in [1.82, 2.24) is 4.90 Å². The van der Waals surface area contributed by atoms with Crippen LogP contribution in [0.15, 0.2) is 35.7 Å². The zero-order valence-electron chi connectivity index (χ0n) is 13.9. The molecular weight excluding hydrogens is 320 g/mol. The summed E-state index contributed by atoms with van der Waals surface area (Å²) in [6, 6.07) is 10.8. The van der Waals surface area contributed by atoms with Crippen LogP contribution in [-0.4, -0.2) is 37.6 Å². The van der Waals surface area contributed by atoms with Gasteiger partial charge in [0, 0.05) is 43.7 Å². The Morgan fingerprint density at radius 1 is 1.29 bits per heavy atom. The van der Waals surface area contributed by atoms with Crippen LogP contribution in [0.25, 0.3) is 0 Å². The van der Waals surface area contributed by atoms with E-state index in [9.17, 15) is 4.79 Å². The van der Waals surface area contributed by atoms with Crippen LogP contribution < -0.4 is 4.90 Å². The molecule has 0 unspecified atom stereocenters. The number of hydrogen-bond donors (Lipinski definition) is 0. The van der Waals surface area contributed by atoms with Gasteiger partial charge in [-0.25, -0.2) is 0 Å². The quantitative estimate of drug-likeness (QED) is 0.858. The number of thiophene rings is 1. The number of anilines is 1. The molecule has 0 aliphatic carbocycles. The van der Waals surface area contributed by atoms with E-state index in [0.717, 1.165) is 38.3 Å². The van der Waals surface area contributed by atoms with E-state index in [1.807, 2.05) is 7.05 Å². The Balaban J connectivity index is 1.46. The molecule has 0 radical (unpaired) electrons. The highest BCUT2D eigenvalue weighted by Crippen LogP contribution is 2.30. The minimum atomic E-state index is 0.195. The van der Waals surface area contributed by atoms with Crippen LogP contribution >= 0.6 is 11.3 Å². The molecule has 1 saturated heterocycles. The SMILES string of the molecule is CN1C(=O)CCc2cc(CN3CCO[C@@H](c4cccs4)C3)ccc21. The first kappa shape index (κ1) is 15.8. The van der Waals surface area contributed by atoms with Crippen LogP contribution in [0.2, 0.25) is 0 Å². The fourth-order valence-corrected chi connectivity index (χ4v) is 4.33. The smallest absolute Gasteiger partial charge is 0.227 e. The van der Waals surface area contributed by atoms with Gasteiger partial charge in [0.05, 0.1) is 6.61 Å². The summed E-state index contributed by atoms with van der Waals surface area (Å²) in [5, 5.41) is 2.11. The van der Waals surface area contributed by atoms with Gasteiger partial charge in [-0.15, -0.1) is 11.3 Å². The Morgan fingerprint density at radius 3 is 3.04 bits per heavy atom.